The highest BCUT2D eigenvalue weighted by Gasteiger charge is 2.54. The Morgan fingerprint density at radius 1 is 1.00 bits per heavy atom. The van der Waals surface area contributed by atoms with Crippen LogP contribution >= 0.6 is 11.6 Å². The fraction of sp³-hybridized carbons (Fsp3) is 0.500. The molecule has 5 atom stereocenters. The lowest BCUT2D eigenvalue weighted by molar-refractivity contribution is -0.144. The standard InChI is InChI=1S/C50H60ClN3O6/c1-33(32-59-45-19-24-52-43-16-8-10-34(2)46(43)45)26-37-27-36-17-18-40(60-41-30-44(47(55)56)54(31-41)25-7-6-13-35-11-4-3-5-12-35)29-42(36)49(37)20-22-50(23-21-49,48(57)58)53-39-15-9-14-38(51)28-39/h3-5,9,11-12,14-15,17-19,24,28-29,33-34,37,41,44,53H,6-8,10,13,16,20-23,25-27,30-32H2,1-2H3,(H,55,56)(H,57,58)/t33-,34-,37+,41-,44-,49?,50?/m1/s1. The third kappa shape index (κ3) is 9.03. The van der Waals surface area contributed by atoms with E-state index in [1.807, 2.05) is 30.5 Å². The number of rotatable bonds is 16. The second-order valence-electron chi connectivity index (χ2n) is 18.3. The number of carboxylic acid groups (broad SMARTS) is 2. The minimum atomic E-state index is -1.12. The zero-order chi connectivity index (χ0) is 41.9. The number of fused-ring (bicyclic) bond motifs is 3. The van der Waals surface area contributed by atoms with E-state index in [0.717, 1.165) is 69.4 Å². The van der Waals surface area contributed by atoms with Gasteiger partial charge in [0.2, 0.25) is 0 Å². The summed E-state index contributed by atoms with van der Waals surface area (Å²) >= 11 is 6.33. The molecule has 0 amide bonds. The number of benzene rings is 3. The number of carboxylic acids is 2. The van der Waals surface area contributed by atoms with E-state index < -0.39 is 23.5 Å². The van der Waals surface area contributed by atoms with Gasteiger partial charge in [-0.25, -0.2) is 4.79 Å². The zero-order valence-electron chi connectivity index (χ0n) is 35.1. The van der Waals surface area contributed by atoms with E-state index in [1.165, 1.54) is 27.9 Å². The molecule has 9 nitrogen and oxygen atoms in total. The normalized spacial score (nSPS) is 26.6. The average molecular weight is 834 g/mol. The van der Waals surface area contributed by atoms with Gasteiger partial charge in [-0.05, 0) is 160 Å². The van der Waals surface area contributed by atoms with Crippen molar-refractivity contribution < 1.29 is 29.3 Å². The van der Waals surface area contributed by atoms with Gasteiger partial charge >= 0.3 is 11.9 Å². The Bertz CT molecular complexity index is 2140. The number of nitrogens with one attached hydrogen (secondary N) is 1. The van der Waals surface area contributed by atoms with Gasteiger partial charge in [0.25, 0.3) is 0 Å². The lowest BCUT2D eigenvalue weighted by atomic mass is 9.59. The van der Waals surface area contributed by atoms with Crippen molar-refractivity contribution >= 4 is 29.2 Å². The van der Waals surface area contributed by atoms with Crippen LogP contribution in [0.15, 0.2) is 85.1 Å². The van der Waals surface area contributed by atoms with Crippen LogP contribution in [0.25, 0.3) is 0 Å². The van der Waals surface area contributed by atoms with Crippen molar-refractivity contribution in [3.8, 4) is 11.5 Å². The van der Waals surface area contributed by atoms with Gasteiger partial charge in [0.1, 0.15) is 29.2 Å². The van der Waals surface area contributed by atoms with Crippen LogP contribution in [0.3, 0.4) is 0 Å². The number of halogens is 1. The van der Waals surface area contributed by atoms with Gasteiger partial charge in [0.15, 0.2) is 0 Å². The van der Waals surface area contributed by atoms with Crippen molar-refractivity contribution in [3.63, 3.8) is 0 Å². The maximum absolute atomic E-state index is 13.1. The van der Waals surface area contributed by atoms with Crippen molar-refractivity contribution in [1.29, 1.82) is 0 Å². The molecule has 3 aliphatic carbocycles. The summed E-state index contributed by atoms with van der Waals surface area (Å²) in [6, 6.07) is 25.6. The number of aromatic nitrogens is 1. The SMILES string of the molecule is C[C@@H](COc1ccnc2c1[C@H](C)CCC2)C[C@H]1Cc2ccc(O[C@@H]3C[C@H](C(=O)O)N(CCCCc4ccccc4)C3)cc2C12CCC(Nc1cccc(Cl)c1)(C(=O)O)CC2. The Kier molecular flexibility index (Phi) is 12.8. The van der Waals surface area contributed by atoms with Crippen LogP contribution in [0, 0.1) is 11.8 Å². The average Bonchev–Trinajstić information content (AvgIpc) is 3.77. The highest BCUT2D eigenvalue weighted by Crippen LogP contribution is 2.57. The van der Waals surface area contributed by atoms with Gasteiger partial charge in [-0.2, -0.15) is 0 Å². The predicted octanol–water partition coefficient (Wildman–Crippen LogP) is 10.1. The van der Waals surface area contributed by atoms with Crippen molar-refractivity contribution in [2.45, 2.75) is 126 Å². The van der Waals surface area contributed by atoms with Crippen LogP contribution in [0.2, 0.25) is 5.02 Å². The molecular weight excluding hydrogens is 774 g/mol. The first-order valence-corrected chi connectivity index (χ1v) is 22.6. The van der Waals surface area contributed by atoms with E-state index in [0.29, 0.717) is 67.8 Å². The minimum absolute atomic E-state index is 0.238. The molecule has 10 heteroatoms. The monoisotopic (exact) mass is 833 g/mol. The number of nitrogens with zero attached hydrogens (tertiary/aromatic N) is 2. The van der Waals surface area contributed by atoms with Crippen LogP contribution in [-0.4, -0.2) is 69.4 Å². The first-order valence-electron chi connectivity index (χ1n) is 22.2. The molecule has 60 heavy (non-hydrogen) atoms. The fourth-order valence-corrected chi connectivity index (χ4v) is 11.3. The fourth-order valence-electron chi connectivity index (χ4n) is 11.1. The number of ether oxygens (including phenoxy) is 2. The number of hydrogen-bond donors (Lipinski definition) is 3. The second kappa shape index (κ2) is 18.2. The molecule has 0 radical (unpaired) electrons. The molecule has 1 aliphatic heterocycles. The maximum atomic E-state index is 13.1. The van der Waals surface area contributed by atoms with Crippen molar-refractivity contribution in [2.24, 2.45) is 11.8 Å². The molecule has 2 heterocycles. The Labute approximate surface area is 359 Å². The van der Waals surface area contributed by atoms with Crippen molar-refractivity contribution in [1.82, 2.24) is 9.88 Å². The maximum Gasteiger partial charge on any atom is 0.329 e. The lowest BCUT2D eigenvalue weighted by Gasteiger charge is -2.47. The number of aryl methyl sites for hydroxylation is 2. The number of likely N-dealkylation sites (tertiary alicyclic amines) is 1. The van der Waals surface area contributed by atoms with Gasteiger partial charge in [0, 0.05) is 41.1 Å². The third-order valence-electron chi connectivity index (χ3n) is 14.2. The highest BCUT2D eigenvalue weighted by molar-refractivity contribution is 6.30. The van der Waals surface area contributed by atoms with E-state index in [9.17, 15) is 19.8 Å². The lowest BCUT2D eigenvalue weighted by Crippen LogP contribution is -2.53. The summed E-state index contributed by atoms with van der Waals surface area (Å²) in [6.07, 6.45) is 12.5. The summed E-state index contributed by atoms with van der Waals surface area (Å²) in [6.45, 7) is 6.44. The summed E-state index contributed by atoms with van der Waals surface area (Å²) in [5, 5.41) is 24.9. The molecule has 1 saturated heterocycles. The predicted molar refractivity (Wildman–Crippen MR) is 235 cm³/mol. The Morgan fingerprint density at radius 2 is 1.82 bits per heavy atom. The molecule has 2 fully saturated rings. The highest BCUT2D eigenvalue weighted by atomic mass is 35.5. The van der Waals surface area contributed by atoms with Gasteiger partial charge in [-0.1, -0.05) is 67.9 Å². The van der Waals surface area contributed by atoms with E-state index >= 15 is 0 Å². The summed E-state index contributed by atoms with van der Waals surface area (Å²) in [5.41, 5.74) is 5.62. The molecule has 4 aromatic rings. The van der Waals surface area contributed by atoms with E-state index in [-0.39, 0.29) is 17.4 Å². The number of hydrogen-bond acceptors (Lipinski definition) is 7. The number of unbranched alkanes of at least 4 members (excludes halogenated alkanes) is 1. The Hall–Kier alpha value is -4.60. The van der Waals surface area contributed by atoms with Gasteiger partial charge in [-0.3, -0.25) is 14.7 Å². The van der Waals surface area contributed by atoms with Gasteiger partial charge in [0.05, 0.1) is 6.61 Å². The molecule has 1 spiro atoms. The first kappa shape index (κ1) is 42.1. The Balaban J connectivity index is 0.995. The zero-order valence-corrected chi connectivity index (χ0v) is 35.8. The summed E-state index contributed by atoms with van der Waals surface area (Å²) in [4.78, 5) is 32.3. The first-order chi connectivity index (χ1) is 29.0. The molecule has 0 bridgehead atoms. The Morgan fingerprint density at radius 3 is 2.58 bits per heavy atom. The van der Waals surface area contributed by atoms with Crippen LogP contribution in [0.4, 0.5) is 5.69 Å². The van der Waals surface area contributed by atoms with Crippen LogP contribution in [0.1, 0.15) is 112 Å². The minimum Gasteiger partial charge on any atom is -0.493 e. The van der Waals surface area contributed by atoms with Crippen molar-refractivity contribution in [3.05, 3.63) is 118 Å². The van der Waals surface area contributed by atoms with Gasteiger partial charge < -0.3 is 25.0 Å². The third-order valence-corrected chi connectivity index (χ3v) is 14.5. The molecule has 8 rings (SSSR count). The number of aliphatic carboxylic acids is 2. The van der Waals surface area contributed by atoms with E-state index in [4.69, 9.17) is 21.1 Å². The quantitative estimate of drug-likeness (QED) is 0.0948. The second-order valence-corrected chi connectivity index (χ2v) is 18.7. The smallest absolute Gasteiger partial charge is 0.329 e. The van der Waals surface area contributed by atoms with E-state index in [1.54, 1.807) is 12.1 Å². The number of anilines is 1. The van der Waals surface area contributed by atoms with E-state index in [2.05, 4.69) is 71.5 Å². The topological polar surface area (TPSA) is 121 Å². The molecule has 4 aliphatic rings. The van der Waals surface area contributed by atoms with Crippen LogP contribution in [-0.2, 0) is 34.3 Å². The molecule has 0 unspecified atom stereocenters. The van der Waals surface area contributed by atoms with Crippen LogP contribution in [0.5, 0.6) is 11.5 Å². The molecule has 3 aromatic carbocycles. The molecule has 1 saturated carbocycles. The summed E-state index contributed by atoms with van der Waals surface area (Å²) in [5.74, 6) is 1.06. The summed E-state index contributed by atoms with van der Waals surface area (Å²) in [7, 11) is 0. The summed E-state index contributed by atoms with van der Waals surface area (Å²) < 4.78 is 13.3. The largest absolute Gasteiger partial charge is 0.493 e. The molecule has 3 N–H and O–H groups in total. The number of pyridine rings is 1. The number of carbonyl (C=O) groups is 2. The van der Waals surface area contributed by atoms with Gasteiger partial charge in [-0.15, -0.1) is 0 Å². The van der Waals surface area contributed by atoms with Crippen molar-refractivity contribution in [2.75, 3.05) is 25.0 Å². The molecular formula is C50H60ClN3O6. The van der Waals surface area contributed by atoms with Crippen LogP contribution < -0.4 is 14.8 Å². The molecule has 1 aromatic heterocycles. The molecule has 318 valence electrons.